The molecule has 0 radical (unpaired) electrons. The van der Waals surface area contributed by atoms with Crippen molar-refractivity contribution >= 4 is 11.8 Å². The Labute approximate surface area is 175 Å². The number of hydrogen-bond donors (Lipinski definition) is 2. The maximum Gasteiger partial charge on any atom is 0.412 e. The number of quaternary nitrogens is 1. The minimum absolute atomic E-state index is 0. The van der Waals surface area contributed by atoms with Gasteiger partial charge in [0.1, 0.15) is 11.8 Å². The molecular formula is C22H35ClN2O3. The molecule has 6 heteroatoms. The van der Waals surface area contributed by atoms with Crippen molar-refractivity contribution in [1.29, 1.82) is 0 Å². The van der Waals surface area contributed by atoms with E-state index >= 15 is 0 Å². The van der Waals surface area contributed by atoms with Gasteiger partial charge in [0.15, 0.2) is 6.10 Å². The number of anilines is 1. The Morgan fingerprint density at radius 1 is 1.07 bits per heavy atom. The van der Waals surface area contributed by atoms with Gasteiger partial charge in [0.2, 0.25) is 0 Å². The van der Waals surface area contributed by atoms with Crippen molar-refractivity contribution in [3.63, 3.8) is 0 Å². The summed E-state index contributed by atoms with van der Waals surface area (Å²) in [7, 11) is 0. The molecule has 158 valence electrons. The Kier molecular flexibility index (Phi) is 9.93. The lowest BCUT2D eigenvalue weighted by molar-refractivity contribution is -0.918. The zero-order chi connectivity index (χ0) is 18.9. The van der Waals surface area contributed by atoms with Gasteiger partial charge in [0.05, 0.1) is 19.7 Å². The largest absolute Gasteiger partial charge is 1.00 e. The number of ether oxygens (including phenoxy) is 2. The van der Waals surface area contributed by atoms with Crippen molar-refractivity contribution in [3.05, 3.63) is 24.3 Å². The molecular weight excluding hydrogens is 376 g/mol. The minimum Gasteiger partial charge on any atom is -1.00 e. The standard InChI is InChI=1S/C22H34N2O3.ClH/c1-2-3-8-17-26-19-13-11-18(12-14-19)23-22(25)27-21-10-5-4-9-20(21)24-15-6-7-16-24;/h11-14,20-21H,2-10,15-17H2,1H3,(H,23,25);1H/t20?,21-;/m1./s1. The molecule has 1 saturated carbocycles. The average molecular weight is 411 g/mol. The van der Waals surface area contributed by atoms with E-state index in [1.807, 2.05) is 24.3 Å². The van der Waals surface area contributed by atoms with Crippen LogP contribution >= 0.6 is 0 Å². The number of unbranched alkanes of at least 4 members (excludes halogenated alkanes) is 2. The number of nitrogens with one attached hydrogen (secondary N) is 2. The van der Waals surface area contributed by atoms with Crippen molar-refractivity contribution in [3.8, 4) is 5.75 Å². The molecule has 1 aliphatic carbocycles. The van der Waals surface area contributed by atoms with Gasteiger partial charge in [-0.05, 0) is 49.9 Å². The third kappa shape index (κ3) is 6.85. The molecule has 0 bridgehead atoms. The molecule has 1 aliphatic heterocycles. The smallest absolute Gasteiger partial charge is 0.412 e. The van der Waals surface area contributed by atoms with Crippen molar-refractivity contribution < 1.29 is 31.6 Å². The summed E-state index contributed by atoms with van der Waals surface area (Å²) in [5.74, 6) is 0.843. The lowest BCUT2D eigenvalue weighted by Gasteiger charge is -2.34. The highest BCUT2D eigenvalue weighted by atomic mass is 35.5. The number of likely N-dealkylation sites (tertiary alicyclic amines) is 1. The first-order valence-corrected chi connectivity index (χ1v) is 10.8. The highest BCUT2D eigenvalue weighted by Crippen LogP contribution is 2.22. The van der Waals surface area contributed by atoms with Gasteiger partial charge < -0.3 is 26.8 Å². The van der Waals surface area contributed by atoms with Gasteiger partial charge in [-0.15, -0.1) is 0 Å². The van der Waals surface area contributed by atoms with E-state index in [1.165, 1.54) is 51.6 Å². The first kappa shape index (κ1) is 22.8. The van der Waals surface area contributed by atoms with Crippen LogP contribution in [-0.2, 0) is 4.74 Å². The summed E-state index contributed by atoms with van der Waals surface area (Å²) in [6.07, 6.45) is 10.4. The summed E-state index contributed by atoms with van der Waals surface area (Å²) >= 11 is 0. The Morgan fingerprint density at radius 2 is 1.79 bits per heavy atom. The van der Waals surface area contributed by atoms with Crippen LogP contribution < -0.4 is 27.4 Å². The SMILES string of the molecule is CCCCCOc1ccc(NC(=O)O[C@@H]2CCCCC2[NH+]2CCCC2)cc1.[Cl-]. The van der Waals surface area contributed by atoms with Gasteiger partial charge in [0.25, 0.3) is 0 Å². The van der Waals surface area contributed by atoms with E-state index in [0.717, 1.165) is 37.3 Å². The number of benzene rings is 1. The molecule has 1 heterocycles. The fraction of sp³-hybridized carbons (Fsp3) is 0.682. The maximum absolute atomic E-state index is 12.4. The van der Waals surface area contributed by atoms with E-state index in [0.29, 0.717) is 6.04 Å². The predicted octanol–water partition coefficient (Wildman–Crippen LogP) is 0.798. The van der Waals surface area contributed by atoms with Gasteiger partial charge in [-0.2, -0.15) is 0 Å². The van der Waals surface area contributed by atoms with Gasteiger partial charge in [-0.3, -0.25) is 5.32 Å². The van der Waals surface area contributed by atoms with Crippen LogP contribution in [0.25, 0.3) is 0 Å². The Balaban J connectivity index is 0.00000280. The Bertz CT molecular complexity index is 576. The summed E-state index contributed by atoms with van der Waals surface area (Å²) in [4.78, 5) is 14.0. The lowest BCUT2D eigenvalue weighted by atomic mass is 9.91. The molecule has 2 atom stereocenters. The van der Waals surface area contributed by atoms with Crippen LogP contribution in [0.1, 0.15) is 64.7 Å². The second-order valence-corrected chi connectivity index (χ2v) is 7.91. The summed E-state index contributed by atoms with van der Waals surface area (Å²) in [5.41, 5.74) is 0.752. The second-order valence-electron chi connectivity index (χ2n) is 7.91. The third-order valence-corrected chi connectivity index (χ3v) is 5.85. The molecule has 1 aromatic rings. The number of carbonyl (C=O) groups is 1. The minimum atomic E-state index is -0.331. The van der Waals surface area contributed by atoms with Crippen LogP contribution in [0.2, 0.25) is 0 Å². The molecule has 3 rings (SSSR count). The third-order valence-electron chi connectivity index (χ3n) is 5.85. The molecule has 1 aromatic carbocycles. The van der Waals surface area contributed by atoms with Crippen LogP contribution in [-0.4, -0.2) is 37.9 Å². The molecule has 5 nitrogen and oxygen atoms in total. The van der Waals surface area contributed by atoms with Crippen molar-refractivity contribution in [1.82, 2.24) is 0 Å². The van der Waals surface area contributed by atoms with E-state index in [2.05, 4.69) is 12.2 Å². The number of carbonyl (C=O) groups excluding carboxylic acids is 1. The molecule has 28 heavy (non-hydrogen) atoms. The number of hydrogen-bond acceptors (Lipinski definition) is 3. The highest BCUT2D eigenvalue weighted by Gasteiger charge is 2.37. The molecule has 2 fully saturated rings. The molecule has 2 aliphatic rings. The summed E-state index contributed by atoms with van der Waals surface area (Å²) in [6.45, 7) is 5.38. The monoisotopic (exact) mass is 410 g/mol. The number of amides is 1. The first-order valence-electron chi connectivity index (χ1n) is 10.8. The van der Waals surface area contributed by atoms with E-state index in [-0.39, 0.29) is 24.6 Å². The van der Waals surface area contributed by atoms with E-state index in [4.69, 9.17) is 9.47 Å². The van der Waals surface area contributed by atoms with Gasteiger partial charge in [0, 0.05) is 24.9 Å². The van der Waals surface area contributed by atoms with Gasteiger partial charge in [-0.1, -0.05) is 19.8 Å². The van der Waals surface area contributed by atoms with Crippen molar-refractivity contribution in [2.24, 2.45) is 0 Å². The van der Waals surface area contributed by atoms with Crippen LogP contribution in [0, 0.1) is 0 Å². The zero-order valence-corrected chi connectivity index (χ0v) is 17.8. The zero-order valence-electron chi connectivity index (χ0n) is 17.1. The van der Waals surface area contributed by atoms with E-state index in [1.54, 1.807) is 4.90 Å². The number of rotatable bonds is 8. The Hall–Kier alpha value is -1.46. The Morgan fingerprint density at radius 3 is 2.50 bits per heavy atom. The molecule has 2 N–H and O–H groups in total. The summed E-state index contributed by atoms with van der Waals surface area (Å²) in [5, 5.41) is 2.88. The molecule has 0 aromatic heterocycles. The quantitative estimate of drug-likeness (QED) is 0.623. The summed E-state index contributed by atoms with van der Waals surface area (Å²) < 4.78 is 11.6. The maximum atomic E-state index is 12.4. The predicted molar refractivity (Wildman–Crippen MR) is 108 cm³/mol. The average Bonchev–Trinajstić information content (AvgIpc) is 3.21. The van der Waals surface area contributed by atoms with Crippen LogP contribution in [0.3, 0.4) is 0 Å². The first-order chi connectivity index (χ1) is 13.3. The molecule has 1 unspecified atom stereocenters. The molecule has 1 amide bonds. The second kappa shape index (κ2) is 12.2. The number of halogens is 1. The fourth-order valence-corrected chi connectivity index (χ4v) is 4.37. The van der Waals surface area contributed by atoms with Gasteiger partial charge >= 0.3 is 6.09 Å². The molecule has 0 spiro atoms. The molecule has 1 saturated heterocycles. The van der Waals surface area contributed by atoms with Crippen LogP contribution in [0.5, 0.6) is 5.75 Å². The van der Waals surface area contributed by atoms with Crippen molar-refractivity contribution in [2.45, 2.75) is 76.9 Å². The van der Waals surface area contributed by atoms with Crippen molar-refractivity contribution in [2.75, 3.05) is 25.0 Å². The van der Waals surface area contributed by atoms with E-state index in [9.17, 15) is 4.79 Å². The van der Waals surface area contributed by atoms with Crippen LogP contribution in [0.4, 0.5) is 10.5 Å². The van der Waals surface area contributed by atoms with Crippen LogP contribution in [0.15, 0.2) is 24.3 Å². The fourth-order valence-electron chi connectivity index (χ4n) is 4.37. The lowest BCUT2D eigenvalue weighted by Crippen LogP contribution is -3.15. The van der Waals surface area contributed by atoms with Gasteiger partial charge in [-0.25, -0.2) is 4.79 Å². The summed E-state index contributed by atoms with van der Waals surface area (Å²) in [6, 6.07) is 8.03. The van der Waals surface area contributed by atoms with E-state index < -0.39 is 0 Å². The highest BCUT2D eigenvalue weighted by molar-refractivity contribution is 5.84. The normalized spacial score (nSPS) is 22.3. The topological polar surface area (TPSA) is 52.0 Å².